The minimum Gasteiger partial charge on any atom is -0.334 e. The Hall–Kier alpha value is -1.84. The van der Waals surface area contributed by atoms with Crippen LogP contribution in [0.1, 0.15) is 82.9 Å². The standard InChI is InChI=1S/C23H36N2O2/c1-4-6-8-14-22(26)24(16-11-7-5-2)18-23(27)25-17-15-20-12-9-10-13-21(20)19(25)3/h9-10,12-13,19H,4-8,11,14-18H2,1-3H3. The lowest BCUT2D eigenvalue weighted by Gasteiger charge is -2.36. The van der Waals surface area contributed by atoms with Crippen molar-refractivity contribution in [2.45, 2.75) is 78.2 Å². The molecule has 2 amide bonds. The van der Waals surface area contributed by atoms with E-state index in [0.29, 0.717) is 13.0 Å². The minimum absolute atomic E-state index is 0.0788. The van der Waals surface area contributed by atoms with Crippen molar-refractivity contribution in [3.8, 4) is 0 Å². The zero-order valence-corrected chi connectivity index (χ0v) is 17.4. The van der Waals surface area contributed by atoms with Crippen molar-refractivity contribution < 1.29 is 9.59 Å². The molecule has 4 heteroatoms. The minimum atomic E-state index is 0.0788. The van der Waals surface area contributed by atoms with E-state index < -0.39 is 0 Å². The van der Waals surface area contributed by atoms with Crippen LogP contribution in [0.5, 0.6) is 0 Å². The SMILES string of the molecule is CCCCCC(=O)N(CCCCC)CC(=O)N1CCc2ccccc2C1C. The molecule has 0 aromatic heterocycles. The van der Waals surface area contributed by atoms with E-state index in [1.807, 2.05) is 11.0 Å². The highest BCUT2D eigenvalue weighted by atomic mass is 16.2. The van der Waals surface area contributed by atoms with Crippen LogP contribution in [-0.2, 0) is 16.0 Å². The molecule has 0 aliphatic carbocycles. The average molecular weight is 373 g/mol. The fraction of sp³-hybridized carbons (Fsp3) is 0.652. The van der Waals surface area contributed by atoms with Crippen molar-refractivity contribution in [2.75, 3.05) is 19.6 Å². The Bertz CT molecular complexity index is 614. The molecule has 1 unspecified atom stereocenters. The quantitative estimate of drug-likeness (QED) is 0.557. The van der Waals surface area contributed by atoms with E-state index in [9.17, 15) is 9.59 Å². The molecule has 0 fully saturated rings. The van der Waals surface area contributed by atoms with Gasteiger partial charge in [0.1, 0.15) is 0 Å². The van der Waals surface area contributed by atoms with Crippen LogP contribution in [0.2, 0.25) is 0 Å². The van der Waals surface area contributed by atoms with Gasteiger partial charge in [0.2, 0.25) is 11.8 Å². The maximum Gasteiger partial charge on any atom is 0.242 e. The Balaban J connectivity index is 2.00. The van der Waals surface area contributed by atoms with Gasteiger partial charge in [-0.2, -0.15) is 0 Å². The first kappa shape index (κ1) is 21.5. The van der Waals surface area contributed by atoms with Crippen LogP contribution in [0.15, 0.2) is 24.3 Å². The van der Waals surface area contributed by atoms with Crippen LogP contribution in [0, 0.1) is 0 Å². The number of carbonyl (C=O) groups excluding carboxylic acids is 2. The maximum atomic E-state index is 13.0. The molecule has 0 N–H and O–H groups in total. The van der Waals surface area contributed by atoms with Crippen LogP contribution < -0.4 is 0 Å². The second kappa shape index (κ2) is 11.1. The van der Waals surface area contributed by atoms with Gasteiger partial charge in [-0.05, 0) is 37.3 Å². The summed E-state index contributed by atoms with van der Waals surface area (Å²) in [4.78, 5) is 29.5. The van der Waals surface area contributed by atoms with Gasteiger partial charge >= 0.3 is 0 Å². The van der Waals surface area contributed by atoms with E-state index in [4.69, 9.17) is 0 Å². The lowest BCUT2D eigenvalue weighted by atomic mass is 9.93. The molecule has 150 valence electrons. The van der Waals surface area contributed by atoms with Gasteiger partial charge in [0.25, 0.3) is 0 Å². The molecule has 1 heterocycles. The first-order valence-corrected chi connectivity index (χ1v) is 10.7. The summed E-state index contributed by atoms with van der Waals surface area (Å²) in [5, 5.41) is 0. The molecule has 1 aliphatic rings. The molecule has 1 atom stereocenters. The molecule has 4 nitrogen and oxygen atoms in total. The van der Waals surface area contributed by atoms with Crippen LogP contribution in [0.4, 0.5) is 0 Å². The molecule has 2 rings (SSSR count). The Kier molecular flexibility index (Phi) is 8.83. The number of hydrogen-bond acceptors (Lipinski definition) is 2. The molecule has 0 saturated heterocycles. The molecular formula is C23H36N2O2. The second-order valence-corrected chi connectivity index (χ2v) is 7.69. The number of rotatable bonds is 10. The van der Waals surface area contributed by atoms with E-state index in [2.05, 4.69) is 39.0 Å². The maximum absolute atomic E-state index is 13.0. The van der Waals surface area contributed by atoms with Crippen molar-refractivity contribution in [3.05, 3.63) is 35.4 Å². The number of hydrogen-bond donors (Lipinski definition) is 0. The van der Waals surface area contributed by atoms with Gasteiger partial charge in [0, 0.05) is 19.5 Å². The smallest absolute Gasteiger partial charge is 0.242 e. The highest BCUT2D eigenvalue weighted by molar-refractivity contribution is 5.85. The van der Waals surface area contributed by atoms with E-state index >= 15 is 0 Å². The van der Waals surface area contributed by atoms with Gasteiger partial charge in [-0.15, -0.1) is 0 Å². The second-order valence-electron chi connectivity index (χ2n) is 7.69. The van der Waals surface area contributed by atoms with Crippen molar-refractivity contribution >= 4 is 11.8 Å². The zero-order valence-electron chi connectivity index (χ0n) is 17.4. The predicted molar refractivity (Wildman–Crippen MR) is 111 cm³/mol. The summed E-state index contributed by atoms with van der Waals surface area (Å²) in [7, 11) is 0. The molecule has 0 saturated carbocycles. The summed E-state index contributed by atoms with van der Waals surface area (Å²) in [5.41, 5.74) is 2.58. The van der Waals surface area contributed by atoms with Gasteiger partial charge in [-0.1, -0.05) is 63.8 Å². The summed E-state index contributed by atoms with van der Waals surface area (Å²) in [5.74, 6) is 0.218. The van der Waals surface area contributed by atoms with Crippen LogP contribution in [0.25, 0.3) is 0 Å². The number of carbonyl (C=O) groups is 2. The number of fused-ring (bicyclic) bond motifs is 1. The summed E-state index contributed by atoms with van der Waals surface area (Å²) >= 11 is 0. The van der Waals surface area contributed by atoms with E-state index in [-0.39, 0.29) is 24.4 Å². The normalized spacial score (nSPS) is 16.1. The average Bonchev–Trinajstić information content (AvgIpc) is 2.67. The van der Waals surface area contributed by atoms with Gasteiger partial charge in [-0.3, -0.25) is 9.59 Å². The van der Waals surface area contributed by atoms with Crippen LogP contribution >= 0.6 is 0 Å². The summed E-state index contributed by atoms with van der Waals surface area (Å²) in [6.07, 6.45) is 7.74. The molecule has 0 spiro atoms. The van der Waals surface area contributed by atoms with Gasteiger partial charge in [-0.25, -0.2) is 0 Å². The Morgan fingerprint density at radius 1 is 1.07 bits per heavy atom. The molecule has 1 aromatic rings. The molecule has 27 heavy (non-hydrogen) atoms. The largest absolute Gasteiger partial charge is 0.334 e. The van der Waals surface area contributed by atoms with Crippen molar-refractivity contribution in [2.24, 2.45) is 0 Å². The number of amides is 2. The monoisotopic (exact) mass is 372 g/mol. The highest BCUT2D eigenvalue weighted by Gasteiger charge is 2.29. The Morgan fingerprint density at radius 3 is 2.52 bits per heavy atom. The van der Waals surface area contributed by atoms with E-state index in [1.165, 1.54) is 11.1 Å². The Morgan fingerprint density at radius 2 is 1.78 bits per heavy atom. The number of unbranched alkanes of at least 4 members (excludes halogenated alkanes) is 4. The lowest BCUT2D eigenvalue weighted by molar-refractivity contribution is -0.142. The molecule has 0 bridgehead atoms. The molecular weight excluding hydrogens is 336 g/mol. The third-order valence-electron chi connectivity index (χ3n) is 5.62. The third-order valence-corrected chi connectivity index (χ3v) is 5.62. The molecule has 0 radical (unpaired) electrons. The topological polar surface area (TPSA) is 40.6 Å². The van der Waals surface area contributed by atoms with Gasteiger partial charge in [0.15, 0.2) is 0 Å². The number of benzene rings is 1. The lowest BCUT2D eigenvalue weighted by Crippen LogP contribution is -2.46. The van der Waals surface area contributed by atoms with Crippen molar-refractivity contribution in [1.29, 1.82) is 0 Å². The van der Waals surface area contributed by atoms with E-state index in [1.54, 1.807) is 4.90 Å². The van der Waals surface area contributed by atoms with Crippen molar-refractivity contribution in [1.82, 2.24) is 9.80 Å². The first-order chi connectivity index (χ1) is 13.1. The van der Waals surface area contributed by atoms with Crippen LogP contribution in [0.3, 0.4) is 0 Å². The van der Waals surface area contributed by atoms with Crippen LogP contribution in [-0.4, -0.2) is 41.2 Å². The van der Waals surface area contributed by atoms with Crippen molar-refractivity contribution in [3.63, 3.8) is 0 Å². The summed E-state index contributed by atoms with van der Waals surface area (Å²) in [6, 6.07) is 8.46. The highest BCUT2D eigenvalue weighted by Crippen LogP contribution is 2.29. The summed E-state index contributed by atoms with van der Waals surface area (Å²) < 4.78 is 0. The summed E-state index contributed by atoms with van der Waals surface area (Å²) in [6.45, 7) is 8.06. The van der Waals surface area contributed by atoms with E-state index in [0.717, 1.165) is 51.5 Å². The Labute approximate surface area is 164 Å². The zero-order chi connectivity index (χ0) is 19.6. The van der Waals surface area contributed by atoms with Gasteiger partial charge < -0.3 is 9.80 Å². The molecule has 1 aliphatic heterocycles. The number of nitrogens with zero attached hydrogens (tertiary/aromatic N) is 2. The molecule has 1 aromatic carbocycles. The fourth-order valence-electron chi connectivity index (χ4n) is 3.90. The predicted octanol–water partition coefficient (Wildman–Crippen LogP) is 4.73. The first-order valence-electron chi connectivity index (χ1n) is 10.7. The fourth-order valence-corrected chi connectivity index (χ4v) is 3.90. The van der Waals surface area contributed by atoms with Gasteiger partial charge in [0.05, 0.1) is 12.6 Å². The third kappa shape index (κ3) is 6.08.